The Morgan fingerprint density at radius 1 is 1.11 bits per heavy atom. The first-order valence-corrected chi connectivity index (χ1v) is 6.11. The lowest BCUT2D eigenvalue weighted by Crippen LogP contribution is -2.32. The van der Waals surface area contributed by atoms with Gasteiger partial charge in [-0.2, -0.15) is 5.06 Å². The van der Waals surface area contributed by atoms with E-state index in [1.54, 1.807) is 24.3 Å². The van der Waals surface area contributed by atoms with Crippen LogP contribution >= 0.6 is 11.6 Å². The van der Waals surface area contributed by atoms with Crippen LogP contribution in [-0.2, 0) is 4.79 Å². The molecule has 4 nitrogen and oxygen atoms in total. The first-order chi connectivity index (χ1) is 9.16. The number of halogens is 1. The van der Waals surface area contributed by atoms with Crippen LogP contribution < -0.4 is 10.4 Å². The van der Waals surface area contributed by atoms with Gasteiger partial charge in [-0.25, -0.2) is 0 Å². The van der Waals surface area contributed by atoms with Crippen molar-refractivity contribution < 1.29 is 10.0 Å². The molecule has 0 aliphatic carbocycles. The van der Waals surface area contributed by atoms with Crippen LogP contribution in [0.5, 0.6) is 0 Å². The molecule has 0 aliphatic heterocycles. The maximum atomic E-state index is 11.8. The Morgan fingerprint density at radius 2 is 1.74 bits per heavy atom. The van der Waals surface area contributed by atoms with Gasteiger partial charge in [0, 0.05) is 10.7 Å². The Kier molecular flexibility index (Phi) is 4.39. The predicted molar refractivity (Wildman–Crippen MR) is 75.7 cm³/mol. The second-order valence-corrected chi connectivity index (χ2v) is 4.34. The van der Waals surface area contributed by atoms with Gasteiger partial charge in [0.2, 0.25) is 0 Å². The standard InChI is InChI=1S/C14H13ClN2O2/c15-11-6-8-13(9-7-11)17(19)14(18)10-16-12-4-2-1-3-5-12/h1-9,16,19H,10H2. The van der Waals surface area contributed by atoms with Gasteiger partial charge in [0.05, 0.1) is 12.2 Å². The normalized spacial score (nSPS) is 10.0. The van der Waals surface area contributed by atoms with E-state index in [9.17, 15) is 10.0 Å². The van der Waals surface area contributed by atoms with Crippen LogP contribution in [0.4, 0.5) is 11.4 Å². The zero-order chi connectivity index (χ0) is 13.7. The van der Waals surface area contributed by atoms with Gasteiger partial charge >= 0.3 is 0 Å². The molecule has 0 aliphatic rings. The predicted octanol–water partition coefficient (Wildman–Crippen LogP) is 3.17. The fourth-order valence-electron chi connectivity index (χ4n) is 1.53. The number of nitrogens with zero attached hydrogens (tertiary/aromatic N) is 1. The molecule has 0 saturated heterocycles. The smallest absolute Gasteiger partial charge is 0.269 e. The van der Waals surface area contributed by atoms with Crippen molar-refractivity contribution in [2.45, 2.75) is 0 Å². The highest BCUT2D eigenvalue weighted by atomic mass is 35.5. The summed E-state index contributed by atoms with van der Waals surface area (Å²) in [6, 6.07) is 15.7. The van der Waals surface area contributed by atoms with E-state index in [1.165, 1.54) is 0 Å². The lowest BCUT2D eigenvalue weighted by Gasteiger charge is -2.15. The molecule has 98 valence electrons. The van der Waals surface area contributed by atoms with Crippen LogP contribution in [0.1, 0.15) is 0 Å². The van der Waals surface area contributed by atoms with Gasteiger partial charge in [0.15, 0.2) is 0 Å². The van der Waals surface area contributed by atoms with Crippen LogP contribution in [0.2, 0.25) is 5.02 Å². The molecule has 0 aromatic heterocycles. The molecule has 0 spiro atoms. The van der Waals surface area contributed by atoms with Crippen molar-refractivity contribution in [1.29, 1.82) is 0 Å². The number of hydrogen-bond acceptors (Lipinski definition) is 3. The Bertz CT molecular complexity index is 543. The summed E-state index contributed by atoms with van der Waals surface area (Å²) in [4.78, 5) is 11.8. The Hall–Kier alpha value is -2.04. The summed E-state index contributed by atoms with van der Waals surface area (Å²) < 4.78 is 0. The van der Waals surface area contributed by atoms with Gasteiger partial charge in [-0.15, -0.1) is 0 Å². The molecule has 0 unspecified atom stereocenters. The summed E-state index contributed by atoms with van der Waals surface area (Å²) in [5, 5.41) is 13.8. The Balaban J connectivity index is 1.94. The highest BCUT2D eigenvalue weighted by Gasteiger charge is 2.12. The number of rotatable bonds is 4. The van der Waals surface area contributed by atoms with Gasteiger partial charge in [-0.05, 0) is 36.4 Å². The van der Waals surface area contributed by atoms with Gasteiger partial charge in [0.1, 0.15) is 0 Å². The third kappa shape index (κ3) is 3.71. The summed E-state index contributed by atoms with van der Waals surface area (Å²) in [6.45, 7) is 0.00311. The third-order valence-corrected chi connectivity index (χ3v) is 2.78. The molecule has 2 aromatic rings. The van der Waals surface area contributed by atoms with E-state index in [1.807, 2.05) is 30.3 Å². The summed E-state index contributed by atoms with van der Waals surface area (Å²) >= 11 is 5.74. The van der Waals surface area contributed by atoms with E-state index in [0.29, 0.717) is 15.8 Å². The molecule has 0 bridgehead atoms. The Labute approximate surface area is 116 Å². The van der Waals surface area contributed by atoms with E-state index >= 15 is 0 Å². The van der Waals surface area contributed by atoms with E-state index in [4.69, 9.17) is 11.6 Å². The molecule has 2 rings (SSSR count). The van der Waals surface area contributed by atoms with Gasteiger partial charge in [-0.3, -0.25) is 10.0 Å². The highest BCUT2D eigenvalue weighted by molar-refractivity contribution is 6.30. The van der Waals surface area contributed by atoms with Crippen molar-refractivity contribution in [3.63, 3.8) is 0 Å². The second-order valence-electron chi connectivity index (χ2n) is 3.90. The molecule has 0 heterocycles. The van der Waals surface area contributed by atoms with Crippen LogP contribution in [0.25, 0.3) is 0 Å². The van der Waals surface area contributed by atoms with Crippen molar-refractivity contribution in [1.82, 2.24) is 0 Å². The maximum Gasteiger partial charge on any atom is 0.269 e. The number of carbonyl (C=O) groups excluding carboxylic acids is 1. The highest BCUT2D eigenvalue weighted by Crippen LogP contribution is 2.16. The molecule has 19 heavy (non-hydrogen) atoms. The number of carbonyl (C=O) groups is 1. The number of anilines is 2. The van der Waals surface area contributed by atoms with E-state index in [-0.39, 0.29) is 6.54 Å². The minimum absolute atomic E-state index is 0.00311. The number of nitrogens with one attached hydrogen (secondary N) is 1. The second kappa shape index (κ2) is 6.22. The minimum atomic E-state index is -0.453. The molecule has 5 heteroatoms. The fraction of sp³-hybridized carbons (Fsp3) is 0.0714. The average molecular weight is 277 g/mol. The molecule has 2 aromatic carbocycles. The summed E-state index contributed by atoms with van der Waals surface area (Å²) in [7, 11) is 0. The average Bonchev–Trinajstić information content (AvgIpc) is 2.46. The zero-order valence-corrected chi connectivity index (χ0v) is 10.8. The Morgan fingerprint density at radius 3 is 2.37 bits per heavy atom. The van der Waals surface area contributed by atoms with Crippen LogP contribution in [0.3, 0.4) is 0 Å². The largest absolute Gasteiger partial charge is 0.376 e. The van der Waals surface area contributed by atoms with Crippen molar-refractivity contribution in [3.8, 4) is 0 Å². The van der Waals surface area contributed by atoms with Gasteiger partial charge in [-0.1, -0.05) is 29.8 Å². The molecular formula is C14H13ClN2O2. The van der Waals surface area contributed by atoms with Gasteiger partial charge in [0.25, 0.3) is 5.91 Å². The molecule has 0 radical (unpaired) electrons. The quantitative estimate of drug-likeness (QED) is 0.666. The number of hydrogen-bond donors (Lipinski definition) is 2. The van der Waals surface area contributed by atoms with E-state index in [0.717, 1.165) is 5.69 Å². The van der Waals surface area contributed by atoms with E-state index < -0.39 is 5.91 Å². The lowest BCUT2D eigenvalue weighted by molar-refractivity contribution is -0.121. The lowest BCUT2D eigenvalue weighted by atomic mass is 10.3. The monoisotopic (exact) mass is 276 g/mol. The molecule has 1 amide bonds. The molecule has 2 N–H and O–H groups in total. The molecule has 0 saturated carbocycles. The van der Waals surface area contributed by atoms with Crippen molar-refractivity contribution >= 4 is 28.9 Å². The molecular weight excluding hydrogens is 264 g/mol. The number of benzene rings is 2. The van der Waals surface area contributed by atoms with Crippen molar-refractivity contribution in [2.24, 2.45) is 0 Å². The zero-order valence-electron chi connectivity index (χ0n) is 10.1. The number of hydroxylamine groups is 1. The minimum Gasteiger partial charge on any atom is -0.376 e. The first kappa shape index (κ1) is 13.4. The van der Waals surface area contributed by atoms with Crippen LogP contribution in [0.15, 0.2) is 54.6 Å². The molecule has 0 fully saturated rings. The fourth-order valence-corrected chi connectivity index (χ4v) is 1.66. The first-order valence-electron chi connectivity index (χ1n) is 5.73. The number of amides is 1. The van der Waals surface area contributed by atoms with Crippen molar-refractivity contribution in [2.75, 3.05) is 16.9 Å². The van der Waals surface area contributed by atoms with Crippen LogP contribution in [0, 0.1) is 0 Å². The van der Waals surface area contributed by atoms with Crippen molar-refractivity contribution in [3.05, 3.63) is 59.6 Å². The number of para-hydroxylation sites is 1. The van der Waals surface area contributed by atoms with E-state index in [2.05, 4.69) is 5.32 Å². The SMILES string of the molecule is O=C(CNc1ccccc1)N(O)c1ccc(Cl)cc1. The summed E-state index contributed by atoms with van der Waals surface area (Å²) in [5.74, 6) is -0.453. The topological polar surface area (TPSA) is 52.6 Å². The van der Waals surface area contributed by atoms with Crippen LogP contribution in [-0.4, -0.2) is 17.7 Å². The van der Waals surface area contributed by atoms with Gasteiger partial charge < -0.3 is 5.32 Å². The third-order valence-electron chi connectivity index (χ3n) is 2.52. The maximum absolute atomic E-state index is 11.8. The summed E-state index contributed by atoms with van der Waals surface area (Å²) in [5.41, 5.74) is 1.20. The molecule has 0 atom stereocenters. The summed E-state index contributed by atoms with van der Waals surface area (Å²) in [6.07, 6.45) is 0.